The van der Waals surface area contributed by atoms with E-state index in [1.807, 2.05) is 32.9 Å². The summed E-state index contributed by atoms with van der Waals surface area (Å²) in [5.41, 5.74) is 4.52. The van der Waals surface area contributed by atoms with Crippen LogP contribution in [0.2, 0.25) is 0 Å². The van der Waals surface area contributed by atoms with Gasteiger partial charge in [-0.15, -0.1) is 0 Å². The highest BCUT2D eigenvalue weighted by atomic mass is 32.2. The van der Waals surface area contributed by atoms with Gasteiger partial charge in [0.1, 0.15) is 5.75 Å². The summed E-state index contributed by atoms with van der Waals surface area (Å²) in [6.45, 7) is 6.16. The van der Waals surface area contributed by atoms with E-state index in [0.717, 1.165) is 28.6 Å². The molecular weight excluding hydrogens is 376 g/mol. The zero-order chi connectivity index (χ0) is 20.9. The maximum atomic E-state index is 12.4. The van der Waals surface area contributed by atoms with E-state index in [2.05, 4.69) is 5.32 Å². The average molecular weight is 405 g/mol. The highest BCUT2D eigenvalue weighted by molar-refractivity contribution is 7.92. The van der Waals surface area contributed by atoms with Crippen LogP contribution in [0.15, 0.2) is 36.4 Å². The number of carbonyl (C=O) groups excluding carboxylic acids is 1. The van der Waals surface area contributed by atoms with E-state index in [1.54, 1.807) is 24.3 Å². The molecule has 1 amide bonds. The molecule has 0 aliphatic heterocycles. The Bertz CT molecular complexity index is 932. The van der Waals surface area contributed by atoms with Crippen molar-refractivity contribution < 1.29 is 17.9 Å². The Hall–Kier alpha value is -2.54. The van der Waals surface area contributed by atoms with Crippen molar-refractivity contribution in [3.63, 3.8) is 0 Å². The van der Waals surface area contributed by atoms with Crippen LogP contribution in [0.5, 0.6) is 5.75 Å². The lowest BCUT2D eigenvalue weighted by molar-refractivity contribution is -0.116. The first-order valence-electron chi connectivity index (χ1n) is 9.11. The molecule has 0 heterocycles. The topological polar surface area (TPSA) is 75.7 Å². The largest absolute Gasteiger partial charge is 0.497 e. The molecule has 0 radical (unpaired) electrons. The second-order valence-electron chi connectivity index (χ2n) is 6.96. The first-order valence-corrected chi connectivity index (χ1v) is 11.0. The number of rotatable bonds is 8. The monoisotopic (exact) mass is 404 g/mol. The van der Waals surface area contributed by atoms with Crippen LogP contribution >= 0.6 is 0 Å². The summed E-state index contributed by atoms with van der Waals surface area (Å²) in [6, 6.07) is 10.9. The van der Waals surface area contributed by atoms with E-state index >= 15 is 0 Å². The number of anilines is 2. The van der Waals surface area contributed by atoms with E-state index < -0.39 is 10.0 Å². The normalized spacial score (nSPS) is 11.2. The van der Waals surface area contributed by atoms with E-state index in [0.29, 0.717) is 17.9 Å². The van der Waals surface area contributed by atoms with Gasteiger partial charge in [0.05, 0.1) is 19.1 Å². The van der Waals surface area contributed by atoms with Crippen LogP contribution in [0, 0.1) is 20.8 Å². The van der Waals surface area contributed by atoms with E-state index in [4.69, 9.17) is 4.74 Å². The first kappa shape index (κ1) is 21.8. The molecule has 0 aromatic heterocycles. The minimum atomic E-state index is -3.47. The van der Waals surface area contributed by atoms with Crippen molar-refractivity contribution in [2.45, 2.75) is 33.6 Å². The fourth-order valence-corrected chi connectivity index (χ4v) is 4.17. The van der Waals surface area contributed by atoms with Crippen molar-refractivity contribution in [3.05, 3.63) is 53.1 Å². The summed E-state index contributed by atoms with van der Waals surface area (Å²) >= 11 is 0. The molecule has 0 fully saturated rings. The number of hydrogen-bond acceptors (Lipinski definition) is 4. The third-order valence-electron chi connectivity index (χ3n) is 4.45. The van der Waals surface area contributed by atoms with Gasteiger partial charge in [-0.2, -0.15) is 0 Å². The van der Waals surface area contributed by atoms with Crippen molar-refractivity contribution in [1.29, 1.82) is 0 Å². The molecule has 7 heteroatoms. The van der Waals surface area contributed by atoms with Crippen LogP contribution in [0.25, 0.3) is 0 Å². The Morgan fingerprint density at radius 2 is 1.75 bits per heavy atom. The van der Waals surface area contributed by atoms with Gasteiger partial charge in [0, 0.05) is 24.7 Å². The van der Waals surface area contributed by atoms with Crippen molar-refractivity contribution in [2.75, 3.05) is 29.5 Å². The Kier molecular flexibility index (Phi) is 7.07. The van der Waals surface area contributed by atoms with Gasteiger partial charge in [0.15, 0.2) is 0 Å². The van der Waals surface area contributed by atoms with Crippen LogP contribution in [0.1, 0.15) is 29.5 Å². The lowest BCUT2D eigenvalue weighted by atomic mass is 10.0. The lowest BCUT2D eigenvalue weighted by Gasteiger charge is -2.22. The van der Waals surface area contributed by atoms with Crippen molar-refractivity contribution >= 4 is 27.3 Å². The fraction of sp³-hybridized carbons (Fsp3) is 0.381. The number of ether oxygens (including phenoxy) is 1. The third kappa shape index (κ3) is 5.73. The summed E-state index contributed by atoms with van der Waals surface area (Å²) in [7, 11) is -1.94. The molecule has 0 saturated carbocycles. The Morgan fingerprint density at radius 3 is 2.32 bits per heavy atom. The van der Waals surface area contributed by atoms with Crippen LogP contribution in [0.4, 0.5) is 11.4 Å². The van der Waals surface area contributed by atoms with Gasteiger partial charge in [0.25, 0.3) is 0 Å². The minimum Gasteiger partial charge on any atom is -0.497 e. The maximum Gasteiger partial charge on any atom is 0.232 e. The van der Waals surface area contributed by atoms with Crippen LogP contribution < -0.4 is 14.4 Å². The lowest BCUT2D eigenvalue weighted by Crippen LogP contribution is -2.31. The predicted molar refractivity (Wildman–Crippen MR) is 114 cm³/mol. The second kappa shape index (κ2) is 9.10. The SMILES string of the molecule is COc1cccc(N(CCCC(=O)Nc2c(C)cc(C)cc2C)S(C)(=O)=O)c1. The Labute approximate surface area is 167 Å². The average Bonchev–Trinajstić information content (AvgIpc) is 2.60. The van der Waals surface area contributed by atoms with Gasteiger partial charge in [-0.1, -0.05) is 23.8 Å². The van der Waals surface area contributed by atoms with Gasteiger partial charge >= 0.3 is 0 Å². The highest BCUT2D eigenvalue weighted by Crippen LogP contribution is 2.24. The number of nitrogens with one attached hydrogen (secondary N) is 1. The van der Waals surface area contributed by atoms with Crippen LogP contribution in [0.3, 0.4) is 0 Å². The molecule has 1 N–H and O–H groups in total. The number of carbonyl (C=O) groups is 1. The molecule has 0 spiro atoms. The van der Waals surface area contributed by atoms with Gasteiger partial charge in [-0.25, -0.2) is 8.42 Å². The molecule has 28 heavy (non-hydrogen) atoms. The molecule has 0 atom stereocenters. The van der Waals surface area contributed by atoms with E-state index in [1.165, 1.54) is 11.4 Å². The van der Waals surface area contributed by atoms with Crippen LogP contribution in [-0.2, 0) is 14.8 Å². The zero-order valence-electron chi connectivity index (χ0n) is 17.1. The number of amides is 1. The standard InChI is InChI=1S/C21H28N2O4S/c1-15-12-16(2)21(17(3)13-15)22-20(24)10-7-11-23(28(5,25)26)18-8-6-9-19(14-18)27-4/h6,8-9,12-14H,7,10-11H2,1-5H3,(H,22,24). The number of hydrogen-bond donors (Lipinski definition) is 1. The third-order valence-corrected chi connectivity index (χ3v) is 5.64. The number of sulfonamides is 1. The van der Waals surface area contributed by atoms with E-state index in [9.17, 15) is 13.2 Å². The Morgan fingerprint density at radius 1 is 1.11 bits per heavy atom. The number of nitrogens with zero attached hydrogens (tertiary/aromatic N) is 1. The summed E-state index contributed by atoms with van der Waals surface area (Å²) in [6.07, 6.45) is 1.79. The van der Waals surface area contributed by atoms with Crippen molar-refractivity contribution in [1.82, 2.24) is 0 Å². The smallest absolute Gasteiger partial charge is 0.232 e. The fourth-order valence-electron chi connectivity index (χ4n) is 3.21. The summed E-state index contributed by atoms with van der Waals surface area (Å²) < 4.78 is 30.9. The van der Waals surface area contributed by atoms with E-state index in [-0.39, 0.29) is 18.9 Å². The molecule has 6 nitrogen and oxygen atoms in total. The maximum absolute atomic E-state index is 12.4. The van der Waals surface area contributed by atoms with Crippen molar-refractivity contribution in [3.8, 4) is 5.75 Å². The summed E-state index contributed by atoms with van der Waals surface area (Å²) in [5, 5.41) is 2.95. The van der Waals surface area contributed by atoms with Crippen molar-refractivity contribution in [2.24, 2.45) is 0 Å². The number of methoxy groups -OCH3 is 1. The molecule has 0 aliphatic rings. The second-order valence-corrected chi connectivity index (χ2v) is 8.87. The molecule has 0 bridgehead atoms. The molecule has 2 rings (SSSR count). The van der Waals surface area contributed by atoms with Gasteiger partial charge in [-0.05, 0) is 50.5 Å². The predicted octanol–water partition coefficient (Wildman–Crippen LogP) is 3.81. The molecule has 0 saturated heterocycles. The quantitative estimate of drug-likeness (QED) is 0.726. The number of benzene rings is 2. The minimum absolute atomic E-state index is 0.130. The molecule has 2 aromatic carbocycles. The zero-order valence-corrected chi connectivity index (χ0v) is 17.9. The van der Waals surface area contributed by atoms with Gasteiger partial charge in [-0.3, -0.25) is 9.10 Å². The van der Waals surface area contributed by atoms with Gasteiger partial charge in [0.2, 0.25) is 15.9 Å². The molecular formula is C21H28N2O4S. The summed E-state index contributed by atoms with van der Waals surface area (Å²) in [4.78, 5) is 12.4. The Balaban J connectivity index is 2.03. The first-order chi connectivity index (χ1) is 13.1. The summed E-state index contributed by atoms with van der Waals surface area (Å²) in [5.74, 6) is 0.448. The molecule has 0 aliphatic carbocycles. The van der Waals surface area contributed by atoms with Crippen LogP contribution in [-0.4, -0.2) is 34.2 Å². The highest BCUT2D eigenvalue weighted by Gasteiger charge is 2.18. The van der Waals surface area contributed by atoms with Gasteiger partial charge < -0.3 is 10.1 Å². The molecule has 0 unspecified atom stereocenters. The molecule has 152 valence electrons. The molecule has 2 aromatic rings. The number of aryl methyl sites for hydroxylation is 3.